The number of carbonyl (C=O) groups excluding carboxylic acids is 1. The second-order valence-corrected chi connectivity index (χ2v) is 6.13. The van der Waals surface area contributed by atoms with Crippen LogP contribution in [0.25, 0.3) is 0 Å². The van der Waals surface area contributed by atoms with Crippen LogP contribution in [0.2, 0.25) is 5.02 Å². The van der Waals surface area contributed by atoms with Crippen molar-refractivity contribution in [2.24, 2.45) is 5.92 Å². The van der Waals surface area contributed by atoms with Crippen LogP contribution >= 0.6 is 11.6 Å². The molecule has 0 radical (unpaired) electrons. The third-order valence-electron chi connectivity index (χ3n) is 3.13. The van der Waals surface area contributed by atoms with Crippen LogP contribution in [0.1, 0.15) is 29.9 Å². The van der Waals surface area contributed by atoms with E-state index >= 15 is 0 Å². The van der Waals surface area contributed by atoms with Crippen molar-refractivity contribution in [1.29, 1.82) is 0 Å². The number of hydrogen-bond donors (Lipinski definition) is 2. The average molecular weight is 373 g/mol. The second kappa shape index (κ2) is 7.69. The lowest BCUT2D eigenvalue weighted by molar-refractivity contribution is -0.137. The molecular weight excluding hydrogens is 357 g/mol. The highest BCUT2D eigenvalue weighted by Crippen LogP contribution is 2.33. The minimum Gasteiger partial charge on any atom is -0.368 e. The van der Waals surface area contributed by atoms with Gasteiger partial charge in [-0.25, -0.2) is 0 Å². The van der Waals surface area contributed by atoms with Crippen LogP contribution in [-0.4, -0.2) is 22.6 Å². The SMILES string of the molecule is CC(C)CNc1ccc(C(=O)Nc2cc(C(F)(F)F)ccc2Cl)nn1. The summed E-state index contributed by atoms with van der Waals surface area (Å²) in [6.45, 7) is 4.75. The van der Waals surface area contributed by atoms with Gasteiger partial charge < -0.3 is 10.6 Å². The van der Waals surface area contributed by atoms with Crippen molar-refractivity contribution >= 4 is 29.0 Å². The lowest BCUT2D eigenvalue weighted by atomic mass is 10.2. The minimum absolute atomic E-state index is 0.00969. The highest BCUT2D eigenvalue weighted by molar-refractivity contribution is 6.33. The number of halogens is 4. The van der Waals surface area contributed by atoms with Crippen LogP contribution in [-0.2, 0) is 6.18 Å². The molecule has 0 saturated heterocycles. The first-order chi connectivity index (χ1) is 11.7. The Balaban J connectivity index is 2.12. The number of hydrogen-bond acceptors (Lipinski definition) is 4. The summed E-state index contributed by atoms with van der Waals surface area (Å²) in [6, 6.07) is 5.67. The average Bonchev–Trinajstić information content (AvgIpc) is 2.54. The highest BCUT2D eigenvalue weighted by atomic mass is 35.5. The van der Waals surface area contributed by atoms with Crippen LogP contribution < -0.4 is 10.6 Å². The van der Waals surface area contributed by atoms with Gasteiger partial charge in [-0.15, -0.1) is 10.2 Å². The number of nitrogens with one attached hydrogen (secondary N) is 2. The smallest absolute Gasteiger partial charge is 0.368 e. The van der Waals surface area contributed by atoms with Gasteiger partial charge in [-0.1, -0.05) is 25.4 Å². The van der Waals surface area contributed by atoms with Gasteiger partial charge in [0.15, 0.2) is 5.69 Å². The molecule has 2 aromatic rings. The predicted octanol–water partition coefficient (Wildman–Crippen LogP) is 4.47. The molecule has 0 aliphatic rings. The topological polar surface area (TPSA) is 66.9 Å². The first kappa shape index (κ1) is 19.0. The summed E-state index contributed by atoms with van der Waals surface area (Å²) in [7, 11) is 0. The zero-order chi connectivity index (χ0) is 18.6. The monoisotopic (exact) mass is 372 g/mol. The molecule has 1 aromatic carbocycles. The number of rotatable bonds is 5. The van der Waals surface area contributed by atoms with E-state index < -0.39 is 17.6 Å². The van der Waals surface area contributed by atoms with E-state index in [9.17, 15) is 18.0 Å². The number of alkyl halides is 3. The van der Waals surface area contributed by atoms with Gasteiger partial charge in [-0.05, 0) is 36.2 Å². The van der Waals surface area contributed by atoms with Gasteiger partial charge in [-0.3, -0.25) is 4.79 Å². The van der Waals surface area contributed by atoms with E-state index in [1.165, 1.54) is 6.07 Å². The van der Waals surface area contributed by atoms with Crippen molar-refractivity contribution < 1.29 is 18.0 Å². The maximum atomic E-state index is 12.7. The molecule has 5 nitrogen and oxygen atoms in total. The van der Waals surface area contributed by atoms with Gasteiger partial charge >= 0.3 is 6.18 Å². The molecule has 0 unspecified atom stereocenters. The van der Waals surface area contributed by atoms with E-state index in [2.05, 4.69) is 20.8 Å². The molecule has 0 aliphatic carbocycles. The predicted molar refractivity (Wildman–Crippen MR) is 89.8 cm³/mol. The molecule has 25 heavy (non-hydrogen) atoms. The van der Waals surface area contributed by atoms with Crippen LogP contribution in [0, 0.1) is 5.92 Å². The van der Waals surface area contributed by atoms with Crippen molar-refractivity contribution in [3.63, 3.8) is 0 Å². The van der Waals surface area contributed by atoms with Crippen molar-refractivity contribution in [3.05, 3.63) is 46.6 Å². The molecule has 0 spiro atoms. The van der Waals surface area contributed by atoms with Crippen molar-refractivity contribution in [2.75, 3.05) is 17.2 Å². The molecule has 2 rings (SSSR count). The largest absolute Gasteiger partial charge is 0.416 e. The molecular formula is C16H16ClF3N4O. The summed E-state index contributed by atoms with van der Waals surface area (Å²) in [6.07, 6.45) is -4.53. The second-order valence-electron chi connectivity index (χ2n) is 5.73. The summed E-state index contributed by atoms with van der Waals surface area (Å²) >= 11 is 5.85. The van der Waals surface area contributed by atoms with Gasteiger partial charge in [0.05, 0.1) is 16.3 Å². The Labute approximate surface area is 147 Å². The van der Waals surface area contributed by atoms with Gasteiger partial charge in [0.1, 0.15) is 5.82 Å². The zero-order valence-corrected chi connectivity index (χ0v) is 14.2. The fourth-order valence-corrected chi connectivity index (χ4v) is 2.00. The molecule has 0 fully saturated rings. The Kier molecular flexibility index (Phi) is 5.84. The van der Waals surface area contributed by atoms with Crippen LogP contribution in [0.5, 0.6) is 0 Å². The van der Waals surface area contributed by atoms with Gasteiger partial charge in [-0.2, -0.15) is 13.2 Å². The number of amides is 1. The molecule has 0 saturated carbocycles. The molecule has 0 aliphatic heterocycles. The van der Waals surface area contributed by atoms with Gasteiger partial charge in [0.25, 0.3) is 5.91 Å². The third kappa shape index (κ3) is 5.32. The number of benzene rings is 1. The fourth-order valence-electron chi connectivity index (χ4n) is 1.84. The van der Waals surface area contributed by atoms with E-state index in [-0.39, 0.29) is 16.4 Å². The Bertz CT molecular complexity index is 748. The number of carbonyl (C=O) groups is 1. The van der Waals surface area contributed by atoms with Gasteiger partial charge in [0.2, 0.25) is 0 Å². The number of anilines is 2. The normalized spacial score (nSPS) is 11.5. The first-order valence-corrected chi connectivity index (χ1v) is 7.80. The summed E-state index contributed by atoms with van der Waals surface area (Å²) in [5, 5.41) is 13.0. The molecule has 2 N–H and O–H groups in total. The lowest BCUT2D eigenvalue weighted by Gasteiger charge is -2.11. The quantitative estimate of drug-likeness (QED) is 0.812. The van der Waals surface area contributed by atoms with Crippen LogP contribution in [0.4, 0.5) is 24.7 Å². The van der Waals surface area contributed by atoms with E-state index in [0.29, 0.717) is 18.3 Å². The summed E-state index contributed by atoms with van der Waals surface area (Å²) in [4.78, 5) is 12.1. The maximum Gasteiger partial charge on any atom is 0.416 e. The maximum absolute atomic E-state index is 12.7. The third-order valence-corrected chi connectivity index (χ3v) is 3.46. The fraction of sp³-hybridized carbons (Fsp3) is 0.312. The summed E-state index contributed by atoms with van der Waals surface area (Å²) in [5.41, 5.74) is -1.10. The first-order valence-electron chi connectivity index (χ1n) is 7.42. The van der Waals surface area contributed by atoms with Gasteiger partial charge in [0, 0.05) is 6.54 Å². The van der Waals surface area contributed by atoms with Crippen LogP contribution in [0.15, 0.2) is 30.3 Å². The number of aromatic nitrogens is 2. The van der Waals surface area contributed by atoms with Crippen LogP contribution in [0.3, 0.4) is 0 Å². The molecule has 1 heterocycles. The minimum atomic E-state index is -4.53. The molecule has 134 valence electrons. The van der Waals surface area contributed by atoms with Crippen molar-refractivity contribution in [1.82, 2.24) is 10.2 Å². The Morgan fingerprint density at radius 1 is 1.20 bits per heavy atom. The van der Waals surface area contributed by atoms with Crippen molar-refractivity contribution in [2.45, 2.75) is 20.0 Å². The molecule has 1 amide bonds. The van der Waals surface area contributed by atoms with Crippen molar-refractivity contribution in [3.8, 4) is 0 Å². The Morgan fingerprint density at radius 3 is 2.48 bits per heavy atom. The summed E-state index contributed by atoms with van der Waals surface area (Å²) in [5.74, 6) is 0.208. The molecule has 1 aromatic heterocycles. The number of nitrogens with zero attached hydrogens (tertiary/aromatic N) is 2. The lowest BCUT2D eigenvalue weighted by Crippen LogP contribution is -2.16. The van der Waals surface area contributed by atoms with E-state index in [1.807, 2.05) is 13.8 Å². The Morgan fingerprint density at radius 2 is 1.92 bits per heavy atom. The Hall–Kier alpha value is -2.35. The molecule has 0 atom stereocenters. The molecule has 0 bridgehead atoms. The molecule has 9 heteroatoms. The van der Waals surface area contributed by atoms with E-state index in [0.717, 1.165) is 18.2 Å². The standard InChI is InChI=1S/C16H16ClF3N4O/c1-9(2)8-21-14-6-5-12(23-24-14)15(25)22-13-7-10(16(18,19)20)3-4-11(13)17/h3-7,9H,8H2,1-2H3,(H,21,24)(H,22,25). The van der Waals surface area contributed by atoms with E-state index in [1.54, 1.807) is 6.07 Å². The highest BCUT2D eigenvalue weighted by Gasteiger charge is 2.31. The summed E-state index contributed by atoms with van der Waals surface area (Å²) < 4.78 is 38.2. The zero-order valence-electron chi connectivity index (χ0n) is 13.5. The van der Waals surface area contributed by atoms with E-state index in [4.69, 9.17) is 11.6 Å².